The number of phenols is 1. The fraction of sp³-hybridized carbons (Fsp3) is 0.538. The number of methoxy groups -OCH3 is 1. The summed E-state index contributed by atoms with van der Waals surface area (Å²) in [5, 5.41) is 9.78. The van der Waals surface area contributed by atoms with E-state index in [0.29, 0.717) is 30.5 Å². The lowest BCUT2D eigenvalue weighted by Crippen LogP contribution is -2.39. The van der Waals surface area contributed by atoms with Crippen molar-refractivity contribution in [1.29, 1.82) is 0 Å². The van der Waals surface area contributed by atoms with E-state index < -0.39 is 10.0 Å². The number of pyridine rings is 1. The number of ether oxygens (including phenoxy) is 1. The van der Waals surface area contributed by atoms with E-state index in [2.05, 4.69) is 4.98 Å². The molecule has 9 heteroatoms. The molecule has 0 radical (unpaired) electrons. The van der Waals surface area contributed by atoms with Crippen LogP contribution in [0, 0.1) is 11.8 Å². The fourth-order valence-corrected chi connectivity index (χ4v) is 6.89. The van der Waals surface area contributed by atoms with E-state index in [0.717, 1.165) is 58.0 Å². The molecule has 2 aromatic rings. The van der Waals surface area contributed by atoms with Gasteiger partial charge in [0.2, 0.25) is 10.0 Å². The Labute approximate surface area is 208 Å². The zero-order valence-corrected chi connectivity index (χ0v) is 21.1. The Hall–Kier alpha value is -2.65. The van der Waals surface area contributed by atoms with Crippen molar-refractivity contribution in [2.24, 2.45) is 11.8 Å². The number of piperidine rings is 2. The maximum absolute atomic E-state index is 13.1. The van der Waals surface area contributed by atoms with E-state index in [9.17, 15) is 18.3 Å². The molecule has 1 aromatic carbocycles. The summed E-state index contributed by atoms with van der Waals surface area (Å²) in [6, 6.07) is 7.70. The molecule has 2 aliphatic rings. The van der Waals surface area contributed by atoms with E-state index in [1.807, 2.05) is 4.90 Å². The molecule has 1 amide bonds. The Morgan fingerprint density at radius 1 is 1.00 bits per heavy atom. The van der Waals surface area contributed by atoms with Crippen molar-refractivity contribution in [3.05, 3.63) is 48.3 Å². The van der Waals surface area contributed by atoms with Crippen LogP contribution in [-0.4, -0.2) is 66.9 Å². The summed E-state index contributed by atoms with van der Waals surface area (Å²) < 4.78 is 33.0. The van der Waals surface area contributed by atoms with Crippen LogP contribution in [0.25, 0.3) is 0 Å². The summed E-state index contributed by atoms with van der Waals surface area (Å²) in [7, 11) is -2.28. The number of carbonyl (C=O) groups excluding carboxylic acids is 1. The Kier molecular flexibility index (Phi) is 8.28. The number of nitrogens with zero attached hydrogens (tertiary/aromatic N) is 3. The molecule has 0 saturated carbocycles. The van der Waals surface area contributed by atoms with E-state index in [4.69, 9.17) is 4.74 Å². The van der Waals surface area contributed by atoms with Gasteiger partial charge in [0.15, 0.2) is 0 Å². The quantitative estimate of drug-likeness (QED) is 0.589. The third kappa shape index (κ3) is 6.13. The van der Waals surface area contributed by atoms with Crippen LogP contribution in [0.4, 0.5) is 0 Å². The van der Waals surface area contributed by atoms with Gasteiger partial charge in [-0.05, 0) is 61.8 Å². The summed E-state index contributed by atoms with van der Waals surface area (Å²) in [6.45, 7) is 2.59. The average Bonchev–Trinajstić information content (AvgIpc) is 2.89. The predicted molar refractivity (Wildman–Crippen MR) is 133 cm³/mol. The third-order valence-corrected chi connectivity index (χ3v) is 9.31. The first kappa shape index (κ1) is 25.4. The van der Waals surface area contributed by atoms with Gasteiger partial charge in [-0.1, -0.05) is 19.3 Å². The summed E-state index contributed by atoms with van der Waals surface area (Å²) in [5.41, 5.74) is 0.703. The molecule has 1 aromatic heterocycles. The van der Waals surface area contributed by atoms with E-state index in [1.54, 1.807) is 24.5 Å². The summed E-state index contributed by atoms with van der Waals surface area (Å²) in [5.74, 6) is 1.43. The number of benzene rings is 1. The maximum atomic E-state index is 13.1. The fourth-order valence-electron chi connectivity index (χ4n) is 5.24. The molecule has 2 aliphatic heterocycles. The smallest absolute Gasteiger partial charge is 0.253 e. The lowest BCUT2D eigenvalue weighted by atomic mass is 9.87. The molecule has 4 rings (SSSR count). The van der Waals surface area contributed by atoms with Gasteiger partial charge in [0, 0.05) is 50.2 Å². The van der Waals surface area contributed by atoms with Gasteiger partial charge in [0.25, 0.3) is 5.91 Å². The first-order valence-electron chi connectivity index (χ1n) is 12.4. The van der Waals surface area contributed by atoms with Gasteiger partial charge in [-0.25, -0.2) is 8.42 Å². The molecule has 2 fully saturated rings. The highest BCUT2D eigenvalue weighted by molar-refractivity contribution is 7.89. The van der Waals surface area contributed by atoms with Crippen LogP contribution < -0.4 is 4.74 Å². The third-order valence-electron chi connectivity index (χ3n) is 7.39. The summed E-state index contributed by atoms with van der Waals surface area (Å²) in [4.78, 5) is 18.5. The van der Waals surface area contributed by atoms with Gasteiger partial charge < -0.3 is 14.7 Å². The number of aromatic nitrogens is 1. The first-order chi connectivity index (χ1) is 16.9. The predicted octanol–water partition coefficient (Wildman–Crippen LogP) is 3.92. The van der Waals surface area contributed by atoms with Crippen molar-refractivity contribution >= 4 is 15.9 Å². The van der Waals surface area contributed by atoms with E-state index in [-0.39, 0.29) is 22.3 Å². The second-order valence-electron chi connectivity index (χ2n) is 9.58. The number of hydrogen-bond acceptors (Lipinski definition) is 6. The molecule has 0 atom stereocenters. The number of sulfonamides is 1. The highest BCUT2D eigenvalue weighted by Crippen LogP contribution is 2.33. The molecular formula is C26H35N3O5S. The minimum atomic E-state index is -3.71. The SMILES string of the molecule is COc1ccc(O)cc1S(=O)(=O)N1CCC(CCCC2CCN(C(=O)c3ccncc3)CC2)CC1. The second-order valence-corrected chi connectivity index (χ2v) is 11.5. The lowest BCUT2D eigenvalue weighted by molar-refractivity contribution is 0.0684. The Morgan fingerprint density at radius 2 is 1.60 bits per heavy atom. The van der Waals surface area contributed by atoms with Gasteiger partial charge in [-0.15, -0.1) is 0 Å². The van der Waals surface area contributed by atoms with Crippen molar-refractivity contribution in [2.45, 2.75) is 49.8 Å². The Bertz CT molecular complexity index is 1090. The van der Waals surface area contributed by atoms with E-state index in [1.165, 1.54) is 29.6 Å². The number of aromatic hydroxyl groups is 1. The molecule has 1 N–H and O–H groups in total. The molecule has 0 aliphatic carbocycles. The van der Waals surface area contributed by atoms with Crippen LogP contribution >= 0.6 is 0 Å². The van der Waals surface area contributed by atoms with Crippen LogP contribution in [0.2, 0.25) is 0 Å². The molecule has 190 valence electrons. The number of hydrogen-bond donors (Lipinski definition) is 1. The molecule has 0 unspecified atom stereocenters. The van der Waals surface area contributed by atoms with Crippen LogP contribution in [0.1, 0.15) is 55.3 Å². The topological polar surface area (TPSA) is 100 Å². The summed E-state index contributed by atoms with van der Waals surface area (Å²) in [6.07, 6.45) is 10.5. The molecule has 2 saturated heterocycles. The summed E-state index contributed by atoms with van der Waals surface area (Å²) >= 11 is 0. The zero-order chi connectivity index (χ0) is 24.8. The monoisotopic (exact) mass is 501 g/mol. The van der Waals surface area contributed by atoms with Gasteiger partial charge in [0.1, 0.15) is 16.4 Å². The minimum Gasteiger partial charge on any atom is -0.508 e. The first-order valence-corrected chi connectivity index (χ1v) is 13.9. The van der Waals surface area contributed by atoms with Crippen molar-refractivity contribution in [3.8, 4) is 11.5 Å². The highest BCUT2D eigenvalue weighted by atomic mass is 32.2. The molecule has 3 heterocycles. The average molecular weight is 502 g/mol. The van der Waals surface area contributed by atoms with Crippen molar-refractivity contribution in [3.63, 3.8) is 0 Å². The standard InChI is InChI=1S/C26H35N3O5S/c1-34-24-6-5-23(30)19-25(24)35(32,33)29-17-11-21(12-18-29)4-2-3-20-9-15-28(16-10-20)26(31)22-7-13-27-14-8-22/h5-8,13-14,19-21,30H,2-4,9-12,15-18H2,1H3. The lowest BCUT2D eigenvalue weighted by Gasteiger charge is -2.33. The second kappa shape index (κ2) is 11.4. The van der Waals surface area contributed by atoms with Crippen molar-refractivity contribution in [1.82, 2.24) is 14.2 Å². The Morgan fingerprint density at radius 3 is 2.20 bits per heavy atom. The minimum absolute atomic E-state index is 0.0206. The number of carbonyl (C=O) groups is 1. The van der Waals surface area contributed by atoms with Crippen molar-refractivity contribution < 1.29 is 23.1 Å². The molecule has 0 bridgehead atoms. The number of phenolic OH excluding ortho intramolecular Hbond substituents is 1. The van der Waals surface area contributed by atoms with Crippen LogP contribution in [0.5, 0.6) is 11.5 Å². The maximum Gasteiger partial charge on any atom is 0.253 e. The van der Waals surface area contributed by atoms with E-state index >= 15 is 0 Å². The van der Waals surface area contributed by atoms with Crippen molar-refractivity contribution in [2.75, 3.05) is 33.3 Å². The molecule has 0 spiro atoms. The number of likely N-dealkylation sites (tertiary alicyclic amines) is 1. The zero-order valence-electron chi connectivity index (χ0n) is 20.3. The number of amides is 1. The normalized spacial score (nSPS) is 18.5. The van der Waals surface area contributed by atoms with Gasteiger partial charge in [0.05, 0.1) is 7.11 Å². The Balaban J connectivity index is 1.19. The van der Waals surface area contributed by atoms with Gasteiger partial charge in [-0.2, -0.15) is 4.31 Å². The molecular weight excluding hydrogens is 466 g/mol. The number of rotatable bonds is 8. The van der Waals surface area contributed by atoms with Gasteiger partial charge >= 0.3 is 0 Å². The highest BCUT2D eigenvalue weighted by Gasteiger charge is 2.32. The van der Waals surface area contributed by atoms with Crippen LogP contribution in [0.3, 0.4) is 0 Å². The van der Waals surface area contributed by atoms with Gasteiger partial charge in [-0.3, -0.25) is 9.78 Å². The largest absolute Gasteiger partial charge is 0.508 e. The van der Waals surface area contributed by atoms with Crippen LogP contribution in [-0.2, 0) is 10.0 Å². The molecule has 8 nitrogen and oxygen atoms in total. The van der Waals surface area contributed by atoms with Crippen LogP contribution in [0.15, 0.2) is 47.6 Å². The molecule has 35 heavy (non-hydrogen) atoms.